The molecule has 0 radical (unpaired) electrons. The molecule has 0 aromatic rings. The van der Waals surface area contributed by atoms with Crippen LogP contribution >= 0.6 is 0 Å². The largest absolute Gasteiger partial charge is 0.544 e. The summed E-state index contributed by atoms with van der Waals surface area (Å²) in [6.07, 6.45) is 57.1. The van der Waals surface area contributed by atoms with Gasteiger partial charge in [0.25, 0.3) is 0 Å². The van der Waals surface area contributed by atoms with Crippen LogP contribution in [0.1, 0.15) is 239 Å². The van der Waals surface area contributed by atoms with Crippen molar-refractivity contribution in [3.63, 3.8) is 0 Å². The van der Waals surface area contributed by atoms with Crippen molar-refractivity contribution in [3.05, 3.63) is 48.6 Å². The molecule has 0 aromatic carbocycles. The van der Waals surface area contributed by atoms with E-state index < -0.39 is 18.1 Å². The third-order valence-corrected chi connectivity index (χ3v) is 12.0. The molecule has 0 saturated heterocycles. The molecule has 0 rings (SSSR count). The van der Waals surface area contributed by atoms with Crippen molar-refractivity contribution in [2.45, 2.75) is 251 Å². The van der Waals surface area contributed by atoms with E-state index in [0.29, 0.717) is 12.8 Å². The van der Waals surface area contributed by atoms with Gasteiger partial charge in [0.05, 0.1) is 40.3 Å². The molecule has 0 aliphatic heterocycles. The van der Waals surface area contributed by atoms with E-state index in [2.05, 4.69) is 62.5 Å². The monoisotopic (exact) mass is 900 g/mol. The second-order valence-corrected chi connectivity index (χ2v) is 19.2. The second-order valence-electron chi connectivity index (χ2n) is 19.2. The quantitative estimate of drug-likeness (QED) is 0.0197. The zero-order valence-electron chi connectivity index (χ0n) is 42.4. The fourth-order valence-corrected chi connectivity index (χ4v) is 7.83. The van der Waals surface area contributed by atoms with Gasteiger partial charge in [0.1, 0.15) is 12.6 Å². The fraction of sp³-hybridized carbons (Fsp3) is 0.804. The molecule has 0 heterocycles. The van der Waals surface area contributed by atoms with Crippen LogP contribution < -0.4 is 5.11 Å². The number of carboxylic acids is 1. The van der Waals surface area contributed by atoms with Crippen LogP contribution in [-0.2, 0) is 28.6 Å². The van der Waals surface area contributed by atoms with E-state index in [1.807, 2.05) is 0 Å². The van der Waals surface area contributed by atoms with Crippen LogP contribution in [-0.4, -0.2) is 75.5 Å². The van der Waals surface area contributed by atoms with Gasteiger partial charge in [0.15, 0.2) is 6.10 Å². The predicted molar refractivity (Wildman–Crippen MR) is 268 cm³/mol. The minimum atomic E-state index is -1.13. The highest BCUT2D eigenvalue weighted by Gasteiger charge is 2.25. The zero-order valence-corrected chi connectivity index (χ0v) is 42.4. The molecule has 0 aromatic heterocycles. The van der Waals surface area contributed by atoms with Gasteiger partial charge in [-0.1, -0.05) is 204 Å². The Morgan fingerprint density at radius 2 is 0.844 bits per heavy atom. The molecule has 0 amide bonds. The lowest BCUT2D eigenvalue weighted by molar-refractivity contribution is -0.889. The van der Waals surface area contributed by atoms with Gasteiger partial charge in [0, 0.05) is 19.3 Å². The minimum Gasteiger partial charge on any atom is -0.544 e. The van der Waals surface area contributed by atoms with Crippen LogP contribution in [0.5, 0.6) is 0 Å². The number of carbonyl (C=O) groups is 3. The number of carbonyl (C=O) groups excluding carboxylic acids is 3. The van der Waals surface area contributed by atoms with Crippen molar-refractivity contribution in [1.82, 2.24) is 0 Å². The third kappa shape index (κ3) is 44.5. The zero-order chi connectivity index (χ0) is 47.0. The maximum Gasteiger partial charge on any atom is 0.306 e. The molecule has 2 atom stereocenters. The van der Waals surface area contributed by atoms with E-state index >= 15 is 0 Å². The molecule has 0 N–H and O–H groups in total. The van der Waals surface area contributed by atoms with Crippen LogP contribution in [0.25, 0.3) is 0 Å². The number of esters is 2. The molecule has 64 heavy (non-hydrogen) atoms. The van der Waals surface area contributed by atoms with Crippen molar-refractivity contribution >= 4 is 17.9 Å². The highest BCUT2D eigenvalue weighted by atomic mass is 16.6. The van der Waals surface area contributed by atoms with E-state index in [-0.39, 0.29) is 42.7 Å². The average molecular weight is 900 g/mol. The van der Waals surface area contributed by atoms with E-state index in [4.69, 9.17) is 14.2 Å². The predicted octanol–water partition coefficient (Wildman–Crippen LogP) is 14.2. The molecular weight excluding hydrogens is 799 g/mol. The summed E-state index contributed by atoms with van der Waals surface area (Å²) in [7, 11) is 5.41. The number of nitrogens with zero attached hydrogens (tertiary/aromatic N) is 1. The Bertz CT molecular complexity index is 1190. The summed E-state index contributed by atoms with van der Waals surface area (Å²) < 4.78 is 17.2. The Balaban J connectivity index is 4.26. The van der Waals surface area contributed by atoms with Crippen molar-refractivity contribution < 1.29 is 38.2 Å². The van der Waals surface area contributed by atoms with Crippen molar-refractivity contribution in [2.24, 2.45) is 0 Å². The summed E-state index contributed by atoms with van der Waals surface area (Å²) >= 11 is 0. The van der Waals surface area contributed by atoms with Gasteiger partial charge < -0.3 is 28.6 Å². The van der Waals surface area contributed by atoms with E-state index in [1.54, 1.807) is 21.1 Å². The fourth-order valence-electron chi connectivity index (χ4n) is 7.83. The summed E-state index contributed by atoms with van der Waals surface area (Å²) in [5.41, 5.74) is 0. The highest BCUT2D eigenvalue weighted by Crippen LogP contribution is 2.15. The molecule has 0 fully saturated rings. The van der Waals surface area contributed by atoms with Crippen molar-refractivity contribution in [3.8, 4) is 0 Å². The summed E-state index contributed by atoms with van der Waals surface area (Å²) in [6.45, 7) is 4.65. The first kappa shape index (κ1) is 61.3. The Labute approximate surface area is 395 Å². The van der Waals surface area contributed by atoms with Crippen LogP contribution in [0.2, 0.25) is 0 Å². The second kappa shape index (κ2) is 46.8. The number of hydrogen-bond acceptors (Lipinski definition) is 7. The van der Waals surface area contributed by atoms with Gasteiger partial charge in [-0.3, -0.25) is 9.59 Å². The van der Waals surface area contributed by atoms with Crippen LogP contribution in [0.15, 0.2) is 48.6 Å². The van der Waals surface area contributed by atoms with Crippen LogP contribution in [0.4, 0.5) is 0 Å². The number of allylic oxidation sites excluding steroid dienone is 8. The number of quaternary nitrogens is 1. The molecule has 0 aliphatic carbocycles. The maximum atomic E-state index is 12.8. The standard InChI is InChI=1S/C56H101NO7/c1-6-8-10-12-14-16-18-20-22-24-26-27-28-29-31-33-35-37-39-41-43-45-47-55(59)64-52(50-62-49-48-53(56(60)61)57(3,4)5)51-63-54(58)46-44-42-40-38-36-34-32-30-25-23-21-19-17-15-13-11-9-7-2/h19,21,23,25,28-30,32,52-53H,6-18,20,22,24,26-27,31,33-51H2,1-5H3/b21-19+,25-23+,29-28+,32-30+. The third-order valence-electron chi connectivity index (χ3n) is 12.0. The molecule has 0 spiro atoms. The topological polar surface area (TPSA) is 102 Å². The number of unbranched alkanes of at least 4 members (excludes halogenated alkanes) is 28. The van der Waals surface area contributed by atoms with Gasteiger partial charge in [0.2, 0.25) is 0 Å². The molecular formula is C56H101NO7. The van der Waals surface area contributed by atoms with Crippen molar-refractivity contribution in [2.75, 3.05) is 41.0 Å². The van der Waals surface area contributed by atoms with Gasteiger partial charge >= 0.3 is 11.9 Å². The van der Waals surface area contributed by atoms with Gasteiger partial charge in [-0.2, -0.15) is 0 Å². The van der Waals surface area contributed by atoms with Crippen LogP contribution in [0, 0.1) is 0 Å². The number of ether oxygens (including phenoxy) is 3. The van der Waals surface area contributed by atoms with Gasteiger partial charge in [-0.05, 0) is 64.2 Å². The molecule has 0 bridgehead atoms. The SMILES string of the molecule is CCCCCCC/C=C/C=C/C=C/CCCCCCCC(=O)OCC(COCCC(C(=O)[O-])[N+](C)(C)C)OC(=O)CCCCCCCCC/C=C/CCCCCCCCCCCCC. The lowest BCUT2D eigenvalue weighted by Gasteiger charge is -2.34. The van der Waals surface area contributed by atoms with Gasteiger partial charge in [-0.15, -0.1) is 0 Å². The Morgan fingerprint density at radius 1 is 0.469 bits per heavy atom. The first-order chi connectivity index (χ1) is 31.1. The number of rotatable bonds is 48. The minimum absolute atomic E-state index is 0.0323. The van der Waals surface area contributed by atoms with E-state index in [9.17, 15) is 19.5 Å². The summed E-state index contributed by atoms with van der Waals surface area (Å²) in [4.78, 5) is 37.1. The normalized spacial score (nSPS) is 13.2. The Morgan fingerprint density at radius 3 is 1.25 bits per heavy atom. The summed E-state index contributed by atoms with van der Waals surface area (Å²) in [6, 6.07) is -0.731. The smallest absolute Gasteiger partial charge is 0.306 e. The lowest BCUT2D eigenvalue weighted by Crippen LogP contribution is -2.55. The highest BCUT2D eigenvalue weighted by molar-refractivity contribution is 5.70. The lowest BCUT2D eigenvalue weighted by atomic mass is 10.0. The average Bonchev–Trinajstić information content (AvgIpc) is 3.26. The molecule has 372 valence electrons. The molecule has 0 aliphatic rings. The first-order valence-corrected chi connectivity index (χ1v) is 26.7. The summed E-state index contributed by atoms with van der Waals surface area (Å²) in [5.74, 6) is -1.76. The molecule has 2 unspecified atom stereocenters. The Hall–Kier alpha value is -2.71. The number of aliphatic carboxylic acids is 1. The van der Waals surface area contributed by atoms with Gasteiger partial charge in [-0.25, -0.2) is 0 Å². The Kier molecular flexibility index (Phi) is 44.8. The number of likely N-dealkylation sites (N-methyl/N-ethyl adjacent to an activating group) is 1. The molecule has 8 nitrogen and oxygen atoms in total. The number of carboxylic acid groups (broad SMARTS) is 1. The molecule has 8 heteroatoms. The van der Waals surface area contributed by atoms with Crippen LogP contribution in [0.3, 0.4) is 0 Å². The van der Waals surface area contributed by atoms with E-state index in [1.165, 1.54) is 141 Å². The maximum absolute atomic E-state index is 12.8. The summed E-state index contributed by atoms with van der Waals surface area (Å²) in [5, 5.41) is 11.7. The number of hydrogen-bond donors (Lipinski definition) is 0. The molecule has 0 saturated carbocycles. The van der Waals surface area contributed by atoms with Crippen molar-refractivity contribution in [1.29, 1.82) is 0 Å². The first-order valence-electron chi connectivity index (χ1n) is 26.7. The van der Waals surface area contributed by atoms with E-state index in [0.717, 1.165) is 64.2 Å².